The van der Waals surface area contributed by atoms with Crippen molar-refractivity contribution in [1.29, 1.82) is 0 Å². The number of hydrogen-bond donors (Lipinski definition) is 0. The molecule has 1 atom stereocenters. The summed E-state index contributed by atoms with van der Waals surface area (Å²) in [7, 11) is 0. The van der Waals surface area contributed by atoms with E-state index < -0.39 is 0 Å². The quantitative estimate of drug-likeness (QED) is 0.469. The first-order valence-corrected chi connectivity index (χ1v) is 11.6. The molecule has 160 valence electrons. The monoisotopic (exact) mass is 445 g/mol. The van der Waals surface area contributed by atoms with Gasteiger partial charge in [-0.2, -0.15) is 4.98 Å². The number of carbonyl (C=O) groups is 1. The summed E-state index contributed by atoms with van der Waals surface area (Å²) >= 11 is 7.77. The van der Waals surface area contributed by atoms with Gasteiger partial charge in [0.25, 0.3) is 5.78 Å². The maximum atomic E-state index is 12.8. The lowest BCUT2D eigenvalue weighted by atomic mass is 10.0. The Morgan fingerprint density at radius 2 is 1.87 bits per heavy atom. The molecular weight excluding hydrogens is 418 g/mol. The van der Waals surface area contributed by atoms with Gasteiger partial charge in [0.1, 0.15) is 0 Å². The summed E-state index contributed by atoms with van der Waals surface area (Å²) in [6.07, 6.45) is 1.40. The first-order valence-electron chi connectivity index (χ1n) is 10.3. The summed E-state index contributed by atoms with van der Waals surface area (Å²) in [6, 6.07) is 7.84. The fourth-order valence-electron chi connectivity index (χ4n) is 3.50. The number of thioether (sulfide) groups is 1. The summed E-state index contributed by atoms with van der Waals surface area (Å²) in [4.78, 5) is 23.9. The molecule has 0 aliphatic heterocycles. The SMILES string of the molecule is CC[C@H](Sc1nc2nc(C)c(Cc3ccccc3Cl)c(C)n2n1)C(=O)N(CC)CC. The van der Waals surface area contributed by atoms with Gasteiger partial charge in [-0.1, -0.05) is 48.5 Å². The second-order valence-electron chi connectivity index (χ2n) is 7.16. The Balaban J connectivity index is 1.92. The van der Waals surface area contributed by atoms with Crippen LogP contribution in [0.15, 0.2) is 29.4 Å². The molecule has 8 heteroatoms. The van der Waals surface area contributed by atoms with E-state index in [1.165, 1.54) is 11.8 Å². The molecule has 1 aromatic carbocycles. The van der Waals surface area contributed by atoms with Crippen molar-refractivity contribution in [2.45, 2.75) is 57.9 Å². The Labute approximate surface area is 187 Å². The fraction of sp³-hybridized carbons (Fsp3) is 0.455. The minimum absolute atomic E-state index is 0.131. The van der Waals surface area contributed by atoms with Crippen molar-refractivity contribution >= 4 is 35.0 Å². The van der Waals surface area contributed by atoms with Crippen LogP contribution in [-0.4, -0.2) is 48.7 Å². The first kappa shape index (κ1) is 22.6. The van der Waals surface area contributed by atoms with Crippen LogP contribution < -0.4 is 0 Å². The largest absolute Gasteiger partial charge is 0.342 e. The van der Waals surface area contributed by atoms with Crippen molar-refractivity contribution in [3.8, 4) is 0 Å². The van der Waals surface area contributed by atoms with Crippen LogP contribution in [0.2, 0.25) is 5.02 Å². The molecule has 3 rings (SSSR count). The van der Waals surface area contributed by atoms with E-state index in [2.05, 4.69) is 15.1 Å². The molecule has 0 aliphatic carbocycles. The van der Waals surface area contributed by atoms with E-state index in [0.717, 1.165) is 34.0 Å². The molecule has 6 nitrogen and oxygen atoms in total. The fourth-order valence-corrected chi connectivity index (χ4v) is 4.64. The van der Waals surface area contributed by atoms with Crippen molar-refractivity contribution in [2.24, 2.45) is 0 Å². The van der Waals surface area contributed by atoms with E-state index in [-0.39, 0.29) is 11.2 Å². The standard InChI is InChI=1S/C22H28ClN5OS/c1-6-19(20(29)27(7-2)8-3)30-22-25-21-24-14(4)17(15(5)28(21)26-22)13-16-11-9-10-12-18(16)23/h9-12,19H,6-8,13H2,1-5H3/t19-/m0/s1. The van der Waals surface area contributed by atoms with E-state index >= 15 is 0 Å². The lowest BCUT2D eigenvalue weighted by molar-refractivity contribution is -0.130. The molecule has 1 amide bonds. The van der Waals surface area contributed by atoms with Crippen LogP contribution in [0.3, 0.4) is 0 Å². The van der Waals surface area contributed by atoms with Gasteiger partial charge in [-0.05, 0) is 51.3 Å². The predicted octanol–water partition coefficient (Wildman–Crippen LogP) is 4.72. The van der Waals surface area contributed by atoms with Crippen molar-refractivity contribution in [3.05, 3.63) is 51.8 Å². The molecule has 0 aliphatic rings. The van der Waals surface area contributed by atoms with Gasteiger partial charge in [-0.15, -0.1) is 5.10 Å². The molecule has 0 saturated carbocycles. The molecule has 0 N–H and O–H groups in total. The van der Waals surface area contributed by atoms with E-state index in [0.29, 0.717) is 30.4 Å². The van der Waals surface area contributed by atoms with Gasteiger partial charge in [0, 0.05) is 35.9 Å². The van der Waals surface area contributed by atoms with Gasteiger partial charge in [0.2, 0.25) is 11.1 Å². The highest BCUT2D eigenvalue weighted by Crippen LogP contribution is 2.27. The maximum absolute atomic E-state index is 12.8. The normalized spacial score (nSPS) is 12.3. The van der Waals surface area contributed by atoms with Crippen LogP contribution in [0, 0.1) is 13.8 Å². The molecule has 0 unspecified atom stereocenters. The molecule has 30 heavy (non-hydrogen) atoms. The first-order chi connectivity index (χ1) is 14.4. The average Bonchev–Trinajstić information content (AvgIpc) is 3.14. The number of rotatable bonds is 8. The smallest absolute Gasteiger partial charge is 0.253 e. The molecule has 0 spiro atoms. The number of benzene rings is 1. The van der Waals surface area contributed by atoms with Crippen molar-refractivity contribution < 1.29 is 4.79 Å². The Morgan fingerprint density at radius 3 is 2.50 bits per heavy atom. The van der Waals surface area contributed by atoms with Crippen molar-refractivity contribution in [3.63, 3.8) is 0 Å². The highest BCUT2D eigenvalue weighted by molar-refractivity contribution is 8.00. The zero-order valence-corrected chi connectivity index (χ0v) is 19.7. The van der Waals surface area contributed by atoms with Crippen molar-refractivity contribution in [1.82, 2.24) is 24.5 Å². The molecule has 2 heterocycles. The summed E-state index contributed by atoms with van der Waals surface area (Å²) in [5, 5.41) is 5.78. The van der Waals surface area contributed by atoms with Gasteiger partial charge < -0.3 is 4.90 Å². The zero-order valence-electron chi connectivity index (χ0n) is 18.1. The highest BCUT2D eigenvalue weighted by atomic mass is 35.5. The number of carbonyl (C=O) groups excluding carboxylic acids is 1. The topological polar surface area (TPSA) is 63.4 Å². The minimum Gasteiger partial charge on any atom is -0.342 e. The number of halogens is 1. The molecule has 0 saturated heterocycles. The second kappa shape index (κ2) is 9.79. The Hall–Kier alpha value is -2.12. The van der Waals surface area contributed by atoms with E-state index in [4.69, 9.17) is 11.6 Å². The van der Waals surface area contributed by atoms with Gasteiger partial charge >= 0.3 is 0 Å². The average molecular weight is 446 g/mol. The highest BCUT2D eigenvalue weighted by Gasteiger charge is 2.24. The minimum atomic E-state index is -0.202. The summed E-state index contributed by atoms with van der Waals surface area (Å²) < 4.78 is 1.77. The Bertz CT molecular complexity index is 1050. The number of hydrogen-bond acceptors (Lipinski definition) is 5. The number of aryl methyl sites for hydroxylation is 2. The van der Waals surface area contributed by atoms with Crippen LogP contribution in [0.25, 0.3) is 5.78 Å². The van der Waals surface area contributed by atoms with Crippen LogP contribution in [0.1, 0.15) is 49.7 Å². The predicted molar refractivity (Wildman–Crippen MR) is 122 cm³/mol. The second-order valence-corrected chi connectivity index (χ2v) is 8.74. The molecule has 0 bridgehead atoms. The van der Waals surface area contributed by atoms with Gasteiger partial charge in [0.15, 0.2) is 0 Å². The third-order valence-electron chi connectivity index (χ3n) is 5.32. The molecule has 0 radical (unpaired) electrons. The van der Waals surface area contributed by atoms with Crippen molar-refractivity contribution in [2.75, 3.05) is 13.1 Å². The third-order valence-corrected chi connectivity index (χ3v) is 6.90. The van der Waals surface area contributed by atoms with Gasteiger partial charge in [0.05, 0.1) is 5.25 Å². The van der Waals surface area contributed by atoms with Crippen LogP contribution in [-0.2, 0) is 11.2 Å². The van der Waals surface area contributed by atoms with Gasteiger partial charge in [-0.3, -0.25) is 4.79 Å². The Morgan fingerprint density at radius 1 is 1.17 bits per heavy atom. The van der Waals surface area contributed by atoms with E-state index in [9.17, 15) is 4.79 Å². The molecule has 3 aromatic rings. The van der Waals surface area contributed by atoms with E-state index in [1.807, 2.05) is 63.8 Å². The van der Waals surface area contributed by atoms with Crippen LogP contribution >= 0.6 is 23.4 Å². The summed E-state index contributed by atoms with van der Waals surface area (Å²) in [5.41, 5.74) is 4.04. The zero-order chi connectivity index (χ0) is 21.8. The van der Waals surface area contributed by atoms with Crippen LogP contribution in [0.4, 0.5) is 0 Å². The number of fused-ring (bicyclic) bond motifs is 1. The number of nitrogens with zero attached hydrogens (tertiary/aromatic N) is 5. The van der Waals surface area contributed by atoms with E-state index in [1.54, 1.807) is 4.52 Å². The number of amides is 1. The Kier molecular flexibility index (Phi) is 7.36. The third kappa shape index (κ3) is 4.62. The van der Waals surface area contributed by atoms with Gasteiger partial charge in [-0.25, -0.2) is 9.50 Å². The van der Waals surface area contributed by atoms with Crippen LogP contribution in [0.5, 0.6) is 0 Å². The molecular formula is C22H28ClN5OS. The summed E-state index contributed by atoms with van der Waals surface area (Å²) in [6.45, 7) is 11.4. The molecule has 0 fully saturated rings. The molecule has 2 aromatic heterocycles. The maximum Gasteiger partial charge on any atom is 0.253 e. The lowest BCUT2D eigenvalue weighted by Crippen LogP contribution is -2.37. The lowest BCUT2D eigenvalue weighted by Gasteiger charge is -2.23. The number of aromatic nitrogens is 4. The summed E-state index contributed by atoms with van der Waals surface area (Å²) in [5.74, 6) is 0.687.